The highest BCUT2D eigenvalue weighted by molar-refractivity contribution is 5.88. The van der Waals surface area contributed by atoms with E-state index in [1.807, 2.05) is 6.07 Å². The van der Waals surface area contributed by atoms with E-state index in [1.165, 1.54) is 19.2 Å². The van der Waals surface area contributed by atoms with Gasteiger partial charge in [-0.1, -0.05) is 0 Å². The Morgan fingerprint density at radius 1 is 1.25 bits per heavy atom. The van der Waals surface area contributed by atoms with E-state index in [1.54, 1.807) is 30.3 Å². The number of carboxylic acids is 1. The monoisotopic (exact) mass is 268 g/mol. The summed E-state index contributed by atoms with van der Waals surface area (Å²) in [6.07, 6.45) is 0. The third-order valence-electron chi connectivity index (χ3n) is 2.74. The maximum Gasteiger partial charge on any atom is 0.335 e. The number of hydrogen-bond acceptors (Lipinski definition) is 4. The van der Waals surface area contributed by atoms with Crippen molar-refractivity contribution in [3.63, 3.8) is 0 Å². The highest BCUT2D eigenvalue weighted by atomic mass is 16.5. The Morgan fingerprint density at radius 3 is 2.50 bits per heavy atom. The van der Waals surface area contributed by atoms with Crippen LogP contribution in [0.4, 0.5) is 11.4 Å². The smallest absolute Gasteiger partial charge is 0.335 e. The number of nitrogens with one attached hydrogen (secondary N) is 1. The summed E-state index contributed by atoms with van der Waals surface area (Å²) < 4.78 is 5.21. The number of carbonyl (C=O) groups is 1. The van der Waals surface area contributed by atoms with Gasteiger partial charge in [-0.15, -0.1) is 0 Å². The van der Waals surface area contributed by atoms with Gasteiger partial charge >= 0.3 is 5.97 Å². The lowest BCUT2D eigenvalue weighted by Gasteiger charge is -2.11. The predicted molar refractivity (Wildman–Crippen MR) is 74.4 cm³/mol. The van der Waals surface area contributed by atoms with Crippen LogP contribution >= 0.6 is 0 Å². The summed E-state index contributed by atoms with van der Waals surface area (Å²) in [4.78, 5) is 10.8. The number of methoxy groups -OCH3 is 1. The average molecular weight is 268 g/mol. The maximum atomic E-state index is 10.8. The molecule has 0 aliphatic heterocycles. The summed E-state index contributed by atoms with van der Waals surface area (Å²) in [5.74, 6) is -0.418. The van der Waals surface area contributed by atoms with Gasteiger partial charge in [-0.3, -0.25) is 0 Å². The Labute approximate surface area is 116 Å². The summed E-state index contributed by atoms with van der Waals surface area (Å²) in [6.45, 7) is 0. The molecule has 5 nitrogen and oxygen atoms in total. The molecule has 0 saturated carbocycles. The van der Waals surface area contributed by atoms with Crippen LogP contribution in [0.2, 0.25) is 0 Å². The Balaban J connectivity index is 2.25. The second kappa shape index (κ2) is 5.76. The normalized spacial score (nSPS) is 9.60. The molecule has 0 bridgehead atoms. The van der Waals surface area contributed by atoms with E-state index in [4.69, 9.17) is 15.1 Å². The second-order valence-corrected chi connectivity index (χ2v) is 4.03. The van der Waals surface area contributed by atoms with Gasteiger partial charge in [-0.25, -0.2) is 4.79 Å². The molecule has 0 aliphatic carbocycles. The molecule has 0 heterocycles. The first-order valence-corrected chi connectivity index (χ1v) is 5.82. The molecule has 0 amide bonds. The van der Waals surface area contributed by atoms with E-state index in [0.717, 1.165) is 5.69 Å². The molecule has 100 valence electrons. The van der Waals surface area contributed by atoms with Gasteiger partial charge in [-0.05, 0) is 36.4 Å². The number of hydrogen-bond donors (Lipinski definition) is 2. The number of anilines is 2. The summed E-state index contributed by atoms with van der Waals surface area (Å²) in [6, 6.07) is 13.5. The quantitative estimate of drug-likeness (QED) is 0.890. The van der Waals surface area contributed by atoms with Gasteiger partial charge in [0.2, 0.25) is 0 Å². The number of ether oxygens (including phenoxy) is 1. The summed E-state index contributed by atoms with van der Waals surface area (Å²) in [5.41, 5.74) is 2.17. The SMILES string of the molecule is COc1cc(C#N)ccc1Nc1ccc(C(=O)O)cc1. The van der Waals surface area contributed by atoms with Crippen molar-refractivity contribution in [1.29, 1.82) is 5.26 Å². The van der Waals surface area contributed by atoms with Crippen molar-refractivity contribution in [2.45, 2.75) is 0 Å². The minimum absolute atomic E-state index is 0.224. The predicted octanol–water partition coefficient (Wildman–Crippen LogP) is 3.01. The highest BCUT2D eigenvalue weighted by Crippen LogP contribution is 2.28. The third kappa shape index (κ3) is 2.87. The fraction of sp³-hybridized carbons (Fsp3) is 0.0667. The molecule has 5 heteroatoms. The maximum absolute atomic E-state index is 10.8. The van der Waals surface area contributed by atoms with Crippen molar-refractivity contribution in [2.24, 2.45) is 0 Å². The molecule has 2 N–H and O–H groups in total. The van der Waals surface area contributed by atoms with Gasteiger partial charge in [0, 0.05) is 11.8 Å². The van der Waals surface area contributed by atoms with Gasteiger partial charge in [0.05, 0.1) is 30.0 Å². The third-order valence-corrected chi connectivity index (χ3v) is 2.74. The van der Waals surface area contributed by atoms with E-state index >= 15 is 0 Å². The van der Waals surface area contributed by atoms with Gasteiger partial charge < -0.3 is 15.2 Å². The fourth-order valence-electron chi connectivity index (χ4n) is 1.72. The van der Waals surface area contributed by atoms with Crippen LogP contribution in [0.3, 0.4) is 0 Å². The molecule has 0 unspecified atom stereocenters. The molecule has 2 rings (SSSR count). The molecule has 2 aromatic carbocycles. The van der Waals surface area contributed by atoms with E-state index in [9.17, 15) is 4.79 Å². The van der Waals surface area contributed by atoms with E-state index in [0.29, 0.717) is 17.0 Å². The molecule has 0 aromatic heterocycles. The van der Waals surface area contributed by atoms with Crippen LogP contribution in [0, 0.1) is 11.3 Å². The van der Waals surface area contributed by atoms with Crippen LogP contribution in [-0.4, -0.2) is 18.2 Å². The van der Waals surface area contributed by atoms with Gasteiger partial charge in [0.25, 0.3) is 0 Å². The Hall–Kier alpha value is -3.00. The zero-order valence-electron chi connectivity index (χ0n) is 10.8. The summed E-state index contributed by atoms with van der Waals surface area (Å²) in [7, 11) is 1.52. The lowest BCUT2D eigenvalue weighted by atomic mass is 10.1. The first-order valence-electron chi connectivity index (χ1n) is 5.82. The topological polar surface area (TPSA) is 82.3 Å². The number of benzene rings is 2. The van der Waals surface area contributed by atoms with Gasteiger partial charge in [-0.2, -0.15) is 5.26 Å². The van der Waals surface area contributed by atoms with Crippen LogP contribution in [0.15, 0.2) is 42.5 Å². The molecule has 0 spiro atoms. The first kappa shape index (κ1) is 13.4. The van der Waals surface area contributed by atoms with E-state index in [2.05, 4.69) is 5.32 Å². The molecule has 0 atom stereocenters. The van der Waals surface area contributed by atoms with E-state index in [-0.39, 0.29) is 5.56 Å². The first-order chi connectivity index (χ1) is 9.63. The standard InChI is InChI=1S/C15H12N2O3/c1-20-14-8-10(9-16)2-7-13(14)17-12-5-3-11(4-6-12)15(18)19/h2-8,17H,1H3,(H,18,19). The molecule has 0 radical (unpaired) electrons. The largest absolute Gasteiger partial charge is 0.495 e. The van der Waals surface area contributed by atoms with Crippen LogP contribution in [0.25, 0.3) is 0 Å². The molecule has 0 aliphatic rings. The minimum atomic E-state index is -0.965. The zero-order chi connectivity index (χ0) is 14.5. The number of rotatable bonds is 4. The Bertz CT molecular complexity index is 673. The molecular weight excluding hydrogens is 256 g/mol. The molecule has 20 heavy (non-hydrogen) atoms. The second-order valence-electron chi connectivity index (χ2n) is 4.03. The number of nitrogens with zero attached hydrogens (tertiary/aromatic N) is 1. The minimum Gasteiger partial charge on any atom is -0.495 e. The Kier molecular flexibility index (Phi) is 3.87. The Morgan fingerprint density at radius 2 is 1.95 bits per heavy atom. The van der Waals surface area contributed by atoms with Crippen LogP contribution in [0.5, 0.6) is 5.75 Å². The number of carboxylic acid groups (broad SMARTS) is 1. The molecule has 0 fully saturated rings. The van der Waals surface area contributed by atoms with Crippen molar-refractivity contribution in [3.8, 4) is 11.8 Å². The lowest BCUT2D eigenvalue weighted by Crippen LogP contribution is -1.98. The summed E-state index contributed by atoms with van der Waals surface area (Å²) in [5, 5.41) is 20.8. The van der Waals surface area contributed by atoms with Crippen molar-refractivity contribution in [3.05, 3.63) is 53.6 Å². The number of aromatic carboxylic acids is 1. The fourth-order valence-corrected chi connectivity index (χ4v) is 1.72. The van der Waals surface area contributed by atoms with Crippen molar-refractivity contribution < 1.29 is 14.6 Å². The molecule has 2 aromatic rings. The number of nitriles is 1. The van der Waals surface area contributed by atoms with Crippen LogP contribution in [0.1, 0.15) is 15.9 Å². The zero-order valence-corrected chi connectivity index (χ0v) is 10.8. The van der Waals surface area contributed by atoms with Crippen molar-refractivity contribution >= 4 is 17.3 Å². The van der Waals surface area contributed by atoms with E-state index < -0.39 is 5.97 Å². The van der Waals surface area contributed by atoms with Crippen molar-refractivity contribution in [1.82, 2.24) is 0 Å². The van der Waals surface area contributed by atoms with Crippen LogP contribution in [-0.2, 0) is 0 Å². The highest BCUT2D eigenvalue weighted by Gasteiger charge is 2.06. The molecule has 0 saturated heterocycles. The van der Waals surface area contributed by atoms with Gasteiger partial charge in [0.15, 0.2) is 0 Å². The summed E-state index contributed by atoms with van der Waals surface area (Å²) >= 11 is 0. The molecular formula is C15H12N2O3. The van der Waals surface area contributed by atoms with Gasteiger partial charge in [0.1, 0.15) is 5.75 Å². The average Bonchev–Trinajstić information content (AvgIpc) is 2.48. The van der Waals surface area contributed by atoms with Crippen LogP contribution < -0.4 is 10.1 Å². The lowest BCUT2D eigenvalue weighted by molar-refractivity contribution is 0.0697. The van der Waals surface area contributed by atoms with Crippen molar-refractivity contribution in [2.75, 3.05) is 12.4 Å².